The minimum Gasteiger partial charge on any atom is -0.289 e. The van der Waals surface area contributed by atoms with Crippen LogP contribution in [0.3, 0.4) is 0 Å². The first-order valence-corrected chi connectivity index (χ1v) is 5.73. The number of hydrogen-bond donors (Lipinski definition) is 0. The molecule has 0 unspecified atom stereocenters. The van der Waals surface area contributed by atoms with Crippen LogP contribution in [0.25, 0.3) is 16.5 Å². The molecule has 2 rings (SSSR count). The van der Waals surface area contributed by atoms with Crippen LogP contribution in [0.4, 0.5) is 0 Å². The first kappa shape index (κ1) is 12.6. The van der Waals surface area contributed by atoms with Crippen LogP contribution in [-0.4, -0.2) is 5.78 Å². The maximum Gasteiger partial charge on any atom is 0.195 e. The summed E-state index contributed by atoms with van der Waals surface area (Å²) in [5.74, 6) is -0.290. The third-order valence-electron chi connectivity index (χ3n) is 2.52. The van der Waals surface area contributed by atoms with E-state index in [-0.39, 0.29) is 11.5 Å². The molecule has 0 saturated carbocycles. The van der Waals surface area contributed by atoms with Crippen molar-refractivity contribution in [2.24, 2.45) is 5.11 Å². The number of carbonyl (C=O) groups excluding carboxylic acids is 1. The third-order valence-corrected chi connectivity index (χ3v) is 2.52. The summed E-state index contributed by atoms with van der Waals surface area (Å²) in [6, 6.07) is 18.0. The van der Waals surface area contributed by atoms with Crippen molar-refractivity contribution in [3.05, 3.63) is 87.9 Å². The molecule has 0 heterocycles. The molecule has 0 aromatic heterocycles. The highest BCUT2D eigenvalue weighted by atomic mass is 16.1. The number of rotatable bonds is 4. The minimum atomic E-state index is -0.290. The van der Waals surface area contributed by atoms with Crippen molar-refractivity contribution in [3.63, 3.8) is 0 Å². The number of benzene rings is 2. The van der Waals surface area contributed by atoms with Gasteiger partial charge in [0.25, 0.3) is 0 Å². The molecule has 4 nitrogen and oxygen atoms in total. The molecule has 0 atom stereocenters. The summed E-state index contributed by atoms with van der Waals surface area (Å²) in [4.78, 5) is 14.9. The molecule has 0 aliphatic rings. The molecule has 0 fully saturated rings. The minimum absolute atomic E-state index is 0.0832. The van der Waals surface area contributed by atoms with Crippen molar-refractivity contribution in [2.75, 3.05) is 0 Å². The Kier molecular flexibility index (Phi) is 4.11. The van der Waals surface area contributed by atoms with Crippen molar-refractivity contribution >= 4 is 11.9 Å². The maximum atomic E-state index is 12.2. The number of ketones is 1. The normalized spacial score (nSPS) is 10.6. The van der Waals surface area contributed by atoms with Crippen LogP contribution in [0.1, 0.15) is 15.9 Å². The second-order valence-electron chi connectivity index (χ2n) is 3.82. The molecule has 2 aromatic carbocycles. The smallest absolute Gasteiger partial charge is 0.195 e. The maximum absolute atomic E-state index is 12.2. The van der Waals surface area contributed by atoms with E-state index in [1.165, 1.54) is 0 Å². The van der Waals surface area contributed by atoms with Crippen molar-refractivity contribution in [3.8, 4) is 0 Å². The van der Waals surface area contributed by atoms with E-state index < -0.39 is 0 Å². The fraction of sp³-hybridized carbons (Fsp3) is 0. The molecule has 0 saturated heterocycles. The van der Waals surface area contributed by atoms with E-state index in [0.29, 0.717) is 5.56 Å². The Balaban J connectivity index is 2.39. The molecule has 0 N–H and O–H groups in total. The third kappa shape index (κ3) is 3.31. The van der Waals surface area contributed by atoms with E-state index in [1.807, 2.05) is 36.4 Å². The summed E-state index contributed by atoms with van der Waals surface area (Å²) in [6.45, 7) is 0. The monoisotopic (exact) mass is 249 g/mol. The Hall–Kier alpha value is -2.84. The second kappa shape index (κ2) is 6.19. The van der Waals surface area contributed by atoms with Crippen LogP contribution in [0.2, 0.25) is 0 Å². The average Bonchev–Trinajstić information content (AvgIpc) is 2.48. The highest BCUT2D eigenvalue weighted by molar-refractivity contribution is 6.10. The van der Waals surface area contributed by atoms with Crippen molar-refractivity contribution < 1.29 is 4.79 Å². The number of hydrogen-bond acceptors (Lipinski definition) is 2. The lowest BCUT2D eigenvalue weighted by molar-refractivity contribution is 0.103. The highest BCUT2D eigenvalue weighted by Gasteiger charge is 2.10. The fourth-order valence-corrected chi connectivity index (χ4v) is 1.63. The summed E-state index contributed by atoms with van der Waals surface area (Å²) < 4.78 is 0. The van der Waals surface area contributed by atoms with Crippen LogP contribution in [0.15, 0.2) is 71.5 Å². The van der Waals surface area contributed by atoms with E-state index in [9.17, 15) is 4.79 Å². The van der Waals surface area contributed by atoms with Gasteiger partial charge in [-0.1, -0.05) is 65.8 Å². The zero-order valence-corrected chi connectivity index (χ0v) is 10.1. The van der Waals surface area contributed by atoms with Gasteiger partial charge in [-0.05, 0) is 17.2 Å². The summed E-state index contributed by atoms with van der Waals surface area (Å²) in [7, 11) is 0. The number of carbonyl (C=O) groups is 1. The van der Waals surface area contributed by atoms with Crippen molar-refractivity contribution in [1.82, 2.24) is 0 Å². The SMILES string of the molecule is [N-]=[N+]=N/C(=C\c1ccccc1)C(=O)c1ccccc1. The van der Waals surface area contributed by atoms with E-state index in [0.717, 1.165) is 5.56 Å². The van der Waals surface area contributed by atoms with Crippen LogP contribution >= 0.6 is 0 Å². The molecule has 0 amide bonds. The zero-order chi connectivity index (χ0) is 13.5. The summed E-state index contributed by atoms with van der Waals surface area (Å²) in [6.07, 6.45) is 1.58. The molecular weight excluding hydrogens is 238 g/mol. The standard InChI is InChI=1S/C15H11N3O/c16-18-17-14(11-12-7-3-1-4-8-12)15(19)13-9-5-2-6-10-13/h1-11H/b14-11-. The molecule has 0 aliphatic heterocycles. The van der Waals surface area contributed by atoms with Gasteiger partial charge in [0.1, 0.15) is 0 Å². The van der Waals surface area contributed by atoms with Gasteiger partial charge in [-0.15, -0.1) is 0 Å². The van der Waals surface area contributed by atoms with E-state index >= 15 is 0 Å². The Morgan fingerprint density at radius 1 is 1.00 bits per heavy atom. The van der Waals surface area contributed by atoms with Gasteiger partial charge in [-0.25, -0.2) is 0 Å². The quantitative estimate of drug-likeness (QED) is 0.263. The van der Waals surface area contributed by atoms with Gasteiger partial charge in [0.15, 0.2) is 5.78 Å². The highest BCUT2D eigenvalue weighted by Crippen LogP contribution is 2.14. The zero-order valence-electron chi connectivity index (χ0n) is 10.1. The lowest BCUT2D eigenvalue weighted by Crippen LogP contribution is -2.00. The predicted octanol–water partition coefficient (Wildman–Crippen LogP) is 4.22. The lowest BCUT2D eigenvalue weighted by Gasteiger charge is -2.01. The molecule has 0 radical (unpaired) electrons. The average molecular weight is 249 g/mol. The van der Waals surface area contributed by atoms with E-state index in [1.54, 1.807) is 30.3 Å². The van der Waals surface area contributed by atoms with Gasteiger partial charge in [-0.2, -0.15) is 0 Å². The lowest BCUT2D eigenvalue weighted by atomic mass is 10.1. The number of allylic oxidation sites excluding steroid dienone is 1. The van der Waals surface area contributed by atoms with Gasteiger partial charge < -0.3 is 0 Å². The van der Waals surface area contributed by atoms with Crippen molar-refractivity contribution in [2.45, 2.75) is 0 Å². The number of azide groups is 1. The Bertz CT molecular complexity index is 642. The van der Waals surface area contributed by atoms with Crippen LogP contribution in [0.5, 0.6) is 0 Å². The van der Waals surface area contributed by atoms with Gasteiger partial charge >= 0.3 is 0 Å². The van der Waals surface area contributed by atoms with E-state index in [2.05, 4.69) is 10.0 Å². The summed E-state index contributed by atoms with van der Waals surface area (Å²) >= 11 is 0. The topological polar surface area (TPSA) is 65.8 Å². The fourth-order valence-electron chi connectivity index (χ4n) is 1.63. The Morgan fingerprint density at radius 2 is 1.58 bits per heavy atom. The van der Waals surface area contributed by atoms with Gasteiger partial charge in [0.05, 0.1) is 5.70 Å². The van der Waals surface area contributed by atoms with Crippen molar-refractivity contribution in [1.29, 1.82) is 0 Å². The predicted molar refractivity (Wildman–Crippen MR) is 74.3 cm³/mol. The summed E-state index contributed by atoms with van der Waals surface area (Å²) in [5, 5.41) is 3.49. The van der Waals surface area contributed by atoms with Gasteiger partial charge in [0, 0.05) is 10.5 Å². The molecule has 2 aromatic rings. The number of nitrogens with zero attached hydrogens (tertiary/aromatic N) is 3. The second-order valence-corrected chi connectivity index (χ2v) is 3.82. The van der Waals surface area contributed by atoms with Crippen LogP contribution in [0, 0.1) is 0 Å². The largest absolute Gasteiger partial charge is 0.289 e. The molecule has 92 valence electrons. The molecule has 0 aliphatic carbocycles. The first-order chi connectivity index (χ1) is 9.31. The van der Waals surface area contributed by atoms with Crippen LogP contribution in [-0.2, 0) is 0 Å². The van der Waals surface area contributed by atoms with Crippen LogP contribution < -0.4 is 0 Å². The van der Waals surface area contributed by atoms with Gasteiger partial charge in [0.2, 0.25) is 0 Å². The molecule has 4 heteroatoms. The van der Waals surface area contributed by atoms with E-state index in [4.69, 9.17) is 5.53 Å². The Morgan fingerprint density at radius 3 is 2.16 bits per heavy atom. The molecule has 0 bridgehead atoms. The summed E-state index contributed by atoms with van der Waals surface area (Å²) in [5.41, 5.74) is 9.97. The first-order valence-electron chi connectivity index (χ1n) is 5.73. The molecule has 0 spiro atoms. The number of Topliss-reactive ketones (excluding diaryl/α,β-unsaturated/α-hetero) is 1. The molecule has 19 heavy (non-hydrogen) atoms. The molecular formula is C15H11N3O. The van der Waals surface area contributed by atoms with Gasteiger partial charge in [-0.3, -0.25) is 4.79 Å². The Labute approximate surface area is 110 Å².